The second kappa shape index (κ2) is 8.05. The predicted molar refractivity (Wildman–Crippen MR) is 107 cm³/mol. The first-order valence-corrected chi connectivity index (χ1v) is 9.72. The van der Waals surface area contributed by atoms with Crippen LogP contribution in [-0.4, -0.2) is 32.6 Å². The molecule has 0 aliphatic rings. The van der Waals surface area contributed by atoms with Crippen LogP contribution < -0.4 is 14.2 Å². The summed E-state index contributed by atoms with van der Waals surface area (Å²) < 4.78 is 22.7. The van der Waals surface area contributed by atoms with Gasteiger partial charge in [-0.25, -0.2) is 4.98 Å². The van der Waals surface area contributed by atoms with Gasteiger partial charge < -0.3 is 18.6 Å². The second-order valence-electron chi connectivity index (χ2n) is 5.29. The summed E-state index contributed by atoms with van der Waals surface area (Å²) in [5.74, 6) is 2.76. The Morgan fingerprint density at radius 2 is 1.73 bits per heavy atom. The number of hydrogen-bond donors (Lipinski definition) is 0. The molecule has 0 bridgehead atoms. The van der Waals surface area contributed by atoms with E-state index in [9.17, 15) is 0 Å². The molecule has 0 fully saturated rings. The molecular weight excluding hydrogens is 418 g/mol. The monoisotopic (exact) mass is 435 g/mol. The van der Waals surface area contributed by atoms with Crippen LogP contribution in [0.2, 0.25) is 0 Å². The van der Waals surface area contributed by atoms with Crippen molar-refractivity contribution >= 4 is 27.7 Å². The van der Waals surface area contributed by atoms with Crippen molar-refractivity contribution in [2.24, 2.45) is 0 Å². The summed E-state index contributed by atoms with van der Waals surface area (Å²) in [6.45, 7) is 0. The smallest absolute Gasteiger partial charge is 0.182 e. The predicted octanol–water partition coefficient (Wildman–Crippen LogP) is 5.52. The summed E-state index contributed by atoms with van der Waals surface area (Å²) in [4.78, 5) is 5.44. The largest absolute Gasteiger partial charge is 0.496 e. The van der Waals surface area contributed by atoms with Crippen molar-refractivity contribution in [3.8, 4) is 39.8 Å². The molecule has 0 spiro atoms. The highest BCUT2D eigenvalue weighted by Gasteiger charge is 2.18. The standard InChI is InChI=1S/C19H18BrNO4S/c1-22-14-6-5-11(9-16(14)26-4)18-17(21-10-25-18)12-7-13(20)19(24-3)15(8-12)23-2/h5-10H,1-4H3. The van der Waals surface area contributed by atoms with Gasteiger partial charge in [-0.2, -0.15) is 0 Å². The van der Waals surface area contributed by atoms with Gasteiger partial charge in [0.15, 0.2) is 23.7 Å². The lowest BCUT2D eigenvalue weighted by molar-refractivity contribution is 0.353. The molecule has 1 aromatic heterocycles. The van der Waals surface area contributed by atoms with Gasteiger partial charge in [-0.1, -0.05) is 0 Å². The average molecular weight is 436 g/mol. The molecule has 0 saturated carbocycles. The Bertz CT molecular complexity index is 926. The maximum Gasteiger partial charge on any atom is 0.182 e. The lowest BCUT2D eigenvalue weighted by atomic mass is 10.0. The van der Waals surface area contributed by atoms with Crippen LogP contribution in [0.4, 0.5) is 0 Å². The topological polar surface area (TPSA) is 53.7 Å². The summed E-state index contributed by atoms with van der Waals surface area (Å²) in [6, 6.07) is 9.73. The maximum absolute atomic E-state index is 5.70. The third kappa shape index (κ3) is 3.41. The van der Waals surface area contributed by atoms with Crippen LogP contribution in [0, 0.1) is 0 Å². The summed E-state index contributed by atoms with van der Waals surface area (Å²) >= 11 is 5.14. The van der Waals surface area contributed by atoms with Crippen LogP contribution >= 0.6 is 27.7 Å². The molecule has 0 atom stereocenters. The molecule has 0 radical (unpaired) electrons. The molecule has 136 valence electrons. The molecule has 1 heterocycles. The summed E-state index contributed by atoms with van der Waals surface area (Å²) in [6.07, 6.45) is 3.45. The fourth-order valence-corrected chi connectivity index (χ4v) is 3.89. The molecule has 0 saturated heterocycles. The van der Waals surface area contributed by atoms with Crippen LogP contribution in [-0.2, 0) is 0 Å². The third-order valence-electron chi connectivity index (χ3n) is 3.92. The molecule has 26 heavy (non-hydrogen) atoms. The van der Waals surface area contributed by atoms with E-state index in [1.54, 1.807) is 33.1 Å². The average Bonchev–Trinajstić information content (AvgIpc) is 3.16. The van der Waals surface area contributed by atoms with E-state index in [1.165, 1.54) is 6.39 Å². The summed E-state index contributed by atoms with van der Waals surface area (Å²) in [7, 11) is 4.87. The normalized spacial score (nSPS) is 10.7. The number of methoxy groups -OCH3 is 3. The zero-order chi connectivity index (χ0) is 18.7. The molecule has 0 aliphatic heterocycles. The Kier molecular flexibility index (Phi) is 5.78. The molecule has 2 aromatic carbocycles. The fraction of sp³-hybridized carbons (Fsp3) is 0.211. The number of halogens is 1. The van der Waals surface area contributed by atoms with E-state index in [1.807, 2.05) is 36.6 Å². The van der Waals surface area contributed by atoms with Gasteiger partial charge in [0.2, 0.25) is 0 Å². The summed E-state index contributed by atoms with van der Waals surface area (Å²) in [5, 5.41) is 0. The SMILES string of the molecule is COc1ccc(-c2ocnc2-c2cc(Br)c(OC)c(OC)c2)cc1SC. The van der Waals surface area contributed by atoms with E-state index in [-0.39, 0.29) is 0 Å². The summed E-state index contributed by atoms with van der Waals surface area (Å²) in [5.41, 5.74) is 2.51. The van der Waals surface area contributed by atoms with Crippen LogP contribution in [0.5, 0.6) is 17.2 Å². The first kappa shape index (κ1) is 18.7. The van der Waals surface area contributed by atoms with Gasteiger partial charge in [0.05, 0.1) is 25.8 Å². The van der Waals surface area contributed by atoms with E-state index < -0.39 is 0 Å². The minimum absolute atomic E-state index is 0.616. The Morgan fingerprint density at radius 1 is 0.962 bits per heavy atom. The van der Waals surface area contributed by atoms with Gasteiger partial charge in [-0.05, 0) is 52.5 Å². The highest BCUT2D eigenvalue weighted by Crippen LogP contribution is 2.42. The molecule has 0 unspecified atom stereocenters. The molecule has 0 amide bonds. The van der Waals surface area contributed by atoms with Crippen molar-refractivity contribution in [1.82, 2.24) is 4.98 Å². The van der Waals surface area contributed by atoms with Gasteiger partial charge in [0, 0.05) is 16.0 Å². The van der Waals surface area contributed by atoms with E-state index >= 15 is 0 Å². The van der Waals surface area contributed by atoms with Crippen molar-refractivity contribution in [2.45, 2.75) is 4.90 Å². The number of thioether (sulfide) groups is 1. The van der Waals surface area contributed by atoms with Gasteiger partial charge >= 0.3 is 0 Å². The number of rotatable bonds is 6. The number of ether oxygens (including phenoxy) is 3. The third-order valence-corrected chi connectivity index (χ3v) is 5.27. The first-order valence-electron chi connectivity index (χ1n) is 7.70. The zero-order valence-electron chi connectivity index (χ0n) is 14.8. The van der Waals surface area contributed by atoms with Gasteiger partial charge in [0.25, 0.3) is 0 Å². The Hall–Kier alpha value is -2.12. The van der Waals surface area contributed by atoms with E-state index in [0.717, 1.165) is 31.9 Å². The maximum atomic E-state index is 5.70. The van der Waals surface area contributed by atoms with Crippen LogP contribution in [0.1, 0.15) is 0 Å². The van der Waals surface area contributed by atoms with Gasteiger partial charge in [-0.3, -0.25) is 0 Å². The van der Waals surface area contributed by atoms with Crippen molar-refractivity contribution < 1.29 is 18.6 Å². The minimum atomic E-state index is 0.616. The number of nitrogens with zero attached hydrogens (tertiary/aromatic N) is 1. The van der Waals surface area contributed by atoms with Gasteiger partial charge in [-0.15, -0.1) is 11.8 Å². The Morgan fingerprint density at radius 3 is 2.38 bits per heavy atom. The molecule has 3 aromatic rings. The van der Waals surface area contributed by atoms with Crippen molar-refractivity contribution in [1.29, 1.82) is 0 Å². The molecule has 3 rings (SSSR count). The quantitative estimate of drug-likeness (QED) is 0.475. The first-order chi connectivity index (χ1) is 12.6. The molecular formula is C19H18BrNO4S. The van der Waals surface area contributed by atoms with Crippen LogP contribution in [0.15, 0.2) is 50.5 Å². The Balaban J connectivity index is 2.11. The lowest BCUT2D eigenvalue weighted by Crippen LogP contribution is -1.93. The second-order valence-corrected chi connectivity index (χ2v) is 7.00. The molecule has 7 heteroatoms. The fourth-order valence-electron chi connectivity index (χ4n) is 2.69. The van der Waals surface area contributed by atoms with Crippen molar-refractivity contribution in [3.63, 3.8) is 0 Å². The molecule has 5 nitrogen and oxygen atoms in total. The highest BCUT2D eigenvalue weighted by atomic mass is 79.9. The van der Waals surface area contributed by atoms with Crippen molar-refractivity contribution in [3.05, 3.63) is 41.2 Å². The number of aromatic nitrogens is 1. The molecule has 0 N–H and O–H groups in total. The number of hydrogen-bond acceptors (Lipinski definition) is 6. The van der Waals surface area contributed by atoms with Gasteiger partial charge in [0.1, 0.15) is 11.4 Å². The lowest BCUT2D eigenvalue weighted by Gasteiger charge is -2.12. The zero-order valence-corrected chi connectivity index (χ0v) is 17.2. The number of oxazole rings is 1. The minimum Gasteiger partial charge on any atom is -0.496 e. The highest BCUT2D eigenvalue weighted by molar-refractivity contribution is 9.10. The van der Waals surface area contributed by atoms with Crippen LogP contribution in [0.3, 0.4) is 0 Å². The Labute approximate surface area is 164 Å². The number of benzene rings is 2. The van der Waals surface area contributed by atoms with Crippen LogP contribution in [0.25, 0.3) is 22.6 Å². The van der Waals surface area contributed by atoms with E-state index in [0.29, 0.717) is 17.3 Å². The van der Waals surface area contributed by atoms with E-state index in [4.69, 9.17) is 18.6 Å². The van der Waals surface area contributed by atoms with Crippen molar-refractivity contribution in [2.75, 3.05) is 27.6 Å². The molecule has 0 aliphatic carbocycles. The van der Waals surface area contributed by atoms with E-state index in [2.05, 4.69) is 20.9 Å².